The lowest BCUT2D eigenvalue weighted by atomic mass is 10.2. The van der Waals surface area contributed by atoms with Crippen LogP contribution in [0.15, 0.2) is 34.2 Å². The molecule has 24 heavy (non-hydrogen) atoms. The molecular weight excluding hydrogens is 322 g/mol. The first-order valence-corrected chi connectivity index (χ1v) is 8.59. The smallest absolute Gasteiger partial charge is 0.283 e. The monoisotopic (exact) mass is 341 g/mol. The zero-order valence-corrected chi connectivity index (χ0v) is 15.0. The molecule has 0 aliphatic heterocycles. The predicted molar refractivity (Wildman–Crippen MR) is 98.7 cm³/mol. The SMILES string of the molecule is CCOc1ccc(/C=N/n2c(C)nc3sc(C)c(C)c3c2=O)cc1. The van der Waals surface area contributed by atoms with Gasteiger partial charge in [-0.1, -0.05) is 0 Å². The molecule has 6 heteroatoms. The summed E-state index contributed by atoms with van der Waals surface area (Å²) >= 11 is 1.55. The van der Waals surface area contributed by atoms with Crippen LogP contribution in [0.2, 0.25) is 0 Å². The highest BCUT2D eigenvalue weighted by Crippen LogP contribution is 2.26. The molecule has 1 aromatic carbocycles. The van der Waals surface area contributed by atoms with Crippen LogP contribution in [0, 0.1) is 20.8 Å². The molecule has 3 rings (SSSR count). The van der Waals surface area contributed by atoms with Gasteiger partial charge in [0.2, 0.25) is 0 Å². The van der Waals surface area contributed by atoms with E-state index in [9.17, 15) is 4.79 Å². The van der Waals surface area contributed by atoms with E-state index in [0.717, 1.165) is 26.6 Å². The summed E-state index contributed by atoms with van der Waals surface area (Å²) in [6.45, 7) is 8.33. The van der Waals surface area contributed by atoms with E-state index < -0.39 is 0 Å². The van der Waals surface area contributed by atoms with Crippen molar-refractivity contribution >= 4 is 27.8 Å². The Balaban J connectivity index is 2.00. The second-order valence-corrected chi connectivity index (χ2v) is 6.69. The number of benzene rings is 1. The normalized spacial score (nSPS) is 11.5. The van der Waals surface area contributed by atoms with Gasteiger partial charge in [-0.15, -0.1) is 11.3 Å². The third kappa shape index (κ3) is 2.97. The Bertz CT molecular complexity index is 969. The fraction of sp³-hybridized carbons (Fsp3) is 0.278. The molecule has 124 valence electrons. The van der Waals surface area contributed by atoms with E-state index in [4.69, 9.17) is 4.74 Å². The molecule has 0 N–H and O–H groups in total. The number of hydrogen-bond donors (Lipinski definition) is 0. The van der Waals surface area contributed by atoms with Gasteiger partial charge in [-0.05, 0) is 63.1 Å². The summed E-state index contributed by atoms with van der Waals surface area (Å²) in [5.41, 5.74) is 1.75. The largest absolute Gasteiger partial charge is 0.494 e. The second kappa shape index (κ2) is 6.57. The first kappa shape index (κ1) is 16.4. The van der Waals surface area contributed by atoms with Crippen LogP contribution in [-0.2, 0) is 0 Å². The van der Waals surface area contributed by atoms with Crippen LogP contribution < -0.4 is 10.3 Å². The van der Waals surface area contributed by atoms with E-state index in [1.807, 2.05) is 45.0 Å². The Morgan fingerprint density at radius 2 is 1.96 bits per heavy atom. The van der Waals surface area contributed by atoms with Crippen LogP contribution in [-0.4, -0.2) is 22.5 Å². The minimum Gasteiger partial charge on any atom is -0.494 e. The molecule has 0 bridgehead atoms. The Morgan fingerprint density at radius 3 is 2.62 bits per heavy atom. The maximum absolute atomic E-state index is 12.7. The van der Waals surface area contributed by atoms with Crippen molar-refractivity contribution in [3.05, 3.63) is 56.4 Å². The molecule has 0 unspecified atom stereocenters. The number of hydrogen-bond acceptors (Lipinski definition) is 5. The summed E-state index contributed by atoms with van der Waals surface area (Å²) in [4.78, 5) is 19.1. The van der Waals surface area contributed by atoms with E-state index in [0.29, 0.717) is 17.8 Å². The van der Waals surface area contributed by atoms with E-state index >= 15 is 0 Å². The van der Waals surface area contributed by atoms with Crippen LogP contribution >= 0.6 is 11.3 Å². The van der Waals surface area contributed by atoms with Crippen LogP contribution in [0.3, 0.4) is 0 Å². The van der Waals surface area contributed by atoms with Gasteiger partial charge in [-0.2, -0.15) is 9.78 Å². The Labute approximate surface area is 144 Å². The lowest BCUT2D eigenvalue weighted by Crippen LogP contribution is -2.20. The molecular formula is C18H19N3O2S. The first-order valence-electron chi connectivity index (χ1n) is 7.77. The van der Waals surface area contributed by atoms with Crippen molar-refractivity contribution in [2.75, 3.05) is 6.61 Å². The molecule has 5 nitrogen and oxygen atoms in total. The van der Waals surface area contributed by atoms with Crippen molar-refractivity contribution < 1.29 is 4.74 Å². The lowest BCUT2D eigenvalue weighted by molar-refractivity contribution is 0.340. The topological polar surface area (TPSA) is 56.5 Å². The van der Waals surface area contributed by atoms with Gasteiger partial charge in [0.1, 0.15) is 16.4 Å². The Kier molecular flexibility index (Phi) is 4.49. The fourth-order valence-electron chi connectivity index (χ4n) is 2.46. The molecule has 0 radical (unpaired) electrons. The van der Waals surface area contributed by atoms with Gasteiger partial charge in [0.25, 0.3) is 5.56 Å². The lowest BCUT2D eigenvalue weighted by Gasteiger charge is -2.04. The number of aromatic nitrogens is 2. The predicted octanol–water partition coefficient (Wildman–Crippen LogP) is 3.66. The summed E-state index contributed by atoms with van der Waals surface area (Å²) in [5.74, 6) is 1.39. The summed E-state index contributed by atoms with van der Waals surface area (Å²) in [6.07, 6.45) is 1.66. The van der Waals surface area contributed by atoms with Gasteiger partial charge in [0, 0.05) is 4.88 Å². The minimum atomic E-state index is -0.124. The zero-order valence-electron chi connectivity index (χ0n) is 14.2. The van der Waals surface area contributed by atoms with Crippen molar-refractivity contribution in [1.29, 1.82) is 0 Å². The maximum Gasteiger partial charge on any atom is 0.283 e. The van der Waals surface area contributed by atoms with E-state index in [1.165, 1.54) is 4.68 Å². The first-order chi connectivity index (χ1) is 11.5. The van der Waals surface area contributed by atoms with Crippen molar-refractivity contribution in [1.82, 2.24) is 9.66 Å². The Morgan fingerprint density at radius 1 is 1.25 bits per heavy atom. The van der Waals surface area contributed by atoms with Gasteiger partial charge >= 0.3 is 0 Å². The molecule has 0 spiro atoms. The molecule has 0 aliphatic carbocycles. The van der Waals surface area contributed by atoms with Gasteiger partial charge in [0.05, 0.1) is 18.2 Å². The molecule has 0 saturated carbocycles. The molecule has 2 heterocycles. The molecule has 0 amide bonds. The Hall–Kier alpha value is -2.47. The maximum atomic E-state index is 12.7. The van der Waals surface area contributed by atoms with Crippen LogP contribution in [0.1, 0.15) is 28.8 Å². The number of nitrogens with zero attached hydrogens (tertiary/aromatic N) is 3. The van der Waals surface area contributed by atoms with Crippen molar-refractivity contribution in [2.45, 2.75) is 27.7 Å². The summed E-state index contributed by atoms with van der Waals surface area (Å²) in [5, 5.41) is 4.99. The average Bonchev–Trinajstić information content (AvgIpc) is 2.83. The number of fused-ring (bicyclic) bond motifs is 1. The fourth-order valence-corrected chi connectivity index (χ4v) is 3.53. The number of aryl methyl sites for hydroxylation is 3. The van der Waals surface area contributed by atoms with Gasteiger partial charge < -0.3 is 4.74 Å². The van der Waals surface area contributed by atoms with Gasteiger partial charge in [-0.25, -0.2) is 4.98 Å². The van der Waals surface area contributed by atoms with Crippen LogP contribution in [0.4, 0.5) is 0 Å². The standard InChI is InChI=1S/C18H19N3O2S/c1-5-23-15-8-6-14(7-9-15)10-19-21-13(4)20-17-16(18(21)22)11(2)12(3)24-17/h6-10H,5H2,1-4H3/b19-10+. The van der Waals surface area contributed by atoms with Crippen molar-refractivity contribution in [2.24, 2.45) is 5.10 Å². The molecule has 2 aromatic heterocycles. The highest BCUT2D eigenvalue weighted by atomic mass is 32.1. The van der Waals surface area contributed by atoms with Crippen LogP contribution in [0.5, 0.6) is 5.75 Å². The number of rotatable bonds is 4. The second-order valence-electron chi connectivity index (χ2n) is 5.49. The van der Waals surface area contributed by atoms with E-state index in [1.54, 1.807) is 24.5 Å². The van der Waals surface area contributed by atoms with Gasteiger partial charge in [-0.3, -0.25) is 4.79 Å². The highest BCUT2D eigenvalue weighted by molar-refractivity contribution is 7.18. The van der Waals surface area contributed by atoms with Crippen LogP contribution in [0.25, 0.3) is 10.2 Å². The quantitative estimate of drug-likeness (QED) is 0.681. The third-order valence-corrected chi connectivity index (χ3v) is 4.96. The molecule has 0 fully saturated rings. The highest BCUT2D eigenvalue weighted by Gasteiger charge is 2.14. The molecule has 3 aromatic rings. The average molecular weight is 341 g/mol. The van der Waals surface area contributed by atoms with Gasteiger partial charge in [0.15, 0.2) is 0 Å². The summed E-state index contributed by atoms with van der Waals surface area (Å²) in [7, 11) is 0. The molecule has 0 atom stereocenters. The number of ether oxygens (including phenoxy) is 1. The van der Waals surface area contributed by atoms with E-state index in [2.05, 4.69) is 10.1 Å². The number of thiophene rings is 1. The van der Waals surface area contributed by atoms with E-state index in [-0.39, 0.29) is 5.56 Å². The zero-order chi connectivity index (χ0) is 17.3. The molecule has 0 saturated heterocycles. The minimum absolute atomic E-state index is 0.124. The van der Waals surface area contributed by atoms with Crippen molar-refractivity contribution in [3.63, 3.8) is 0 Å². The van der Waals surface area contributed by atoms with Crippen molar-refractivity contribution in [3.8, 4) is 5.75 Å². The summed E-state index contributed by atoms with van der Waals surface area (Å²) < 4.78 is 6.78. The molecule has 0 aliphatic rings. The third-order valence-electron chi connectivity index (χ3n) is 3.86. The summed E-state index contributed by atoms with van der Waals surface area (Å²) in [6, 6.07) is 7.57.